The van der Waals surface area contributed by atoms with Crippen molar-refractivity contribution in [3.8, 4) is 0 Å². The minimum Gasteiger partial charge on any atom is -0.306 e. The van der Waals surface area contributed by atoms with E-state index in [1.807, 2.05) is 7.05 Å². The molecule has 2 saturated heterocycles. The van der Waals surface area contributed by atoms with Crippen molar-refractivity contribution < 1.29 is 9.59 Å². The van der Waals surface area contributed by atoms with Gasteiger partial charge in [-0.3, -0.25) is 9.59 Å². The number of nitrogens with zero attached hydrogens (tertiary/aromatic N) is 2. The van der Waals surface area contributed by atoms with Gasteiger partial charge < -0.3 is 4.90 Å². The van der Waals surface area contributed by atoms with Crippen molar-refractivity contribution >= 4 is 24.2 Å². The van der Waals surface area contributed by atoms with Crippen molar-refractivity contribution in [2.24, 2.45) is 5.41 Å². The minimum atomic E-state index is -0.410. The first-order valence-corrected chi connectivity index (χ1v) is 5.32. The summed E-state index contributed by atoms with van der Waals surface area (Å²) in [6.45, 7) is 1.80. The second-order valence-corrected chi connectivity index (χ2v) is 4.52. The fourth-order valence-corrected chi connectivity index (χ4v) is 2.46. The summed E-state index contributed by atoms with van der Waals surface area (Å²) in [5.74, 6) is -0.129. The first-order chi connectivity index (χ1) is 7.09. The highest BCUT2D eigenvalue weighted by Gasteiger charge is 2.52. The first-order valence-electron chi connectivity index (χ1n) is 5.32. The van der Waals surface area contributed by atoms with Crippen LogP contribution >= 0.6 is 12.4 Å². The number of piperidine rings is 1. The van der Waals surface area contributed by atoms with E-state index in [0.717, 1.165) is 25.9 Å². The smallest absolute Gasteiger partial charge is 0.250 e. The number of hydrogen-bond acceptors (Lipinski definition) is 4. The standard InChI is InChI=1S/C10H17N3O2.ClH/c1-11-13-8(14)7-10(9(13)15)3-5-12(2)6-4-10;/h11H,3-7H2,1-2H3;1H. The summed E-state index contributed by atoms with van der Waals surface area (Å²) in [4.78, 5) is 25.9. The van der Waals surface area contributed by atoms with Crippen LogP contribution in [0, 0.1) is 5.41 Å². The lowest BCUT2D eigenvalue weighted by atomic mass is 9.77. The SMILES string of the molecule is CNN1C(=O)CC2(CCN(C)CC2)C1=O.Cl. The number of halogens is 1. The zero-order valence-corrected chi connectivity index (χ0v) is 10.5. The van der Waals surface area contributed by atoms with E-state index < -0.39 is 5.41 Å². The highest BCUT2D eigenvalue weighted by Crippen LogP contribution is 2.41. The normalized spacial score (nSPS) is 25.0. The van der Waals surface area contributed by atoms with E-state index in [1.54, 1.807) is 7.05 Å². The molecule has 0 bridgehead atoms. The molecular formula is C10H18ClN3O2. The Hall–Kier alpha value is -0.650. The second-order valence-electron chi connectivity index (χ2n) is 4.52. The van der Waals surface area contributed by atoms with Gasteiger partial charge in [-0.2, -0.15) is 0 Å². The lowest BCUT2D eigenvalue weighted by Crippen LogP contribution is -2.46. The van der Waals surface area contributed by atoms with E-state index in [-0.39, 0.29) is 24.2 Å². The van der Waals surface area contributed by atoms with Crippen molar-refractivity contribution in [2.75, 3.05) is 27.2 Å². The Kier molecular flexibility index (Phi) is 3.93. The van der Waals surface area contributed by atoms with Gasteiger partial charge in [0.25, 0.3) is 5.91 Å². The molecule has 0 aromatic carbocycles. The average Bonchev–Trinajstić information content (AvgIpc) is 2.44. The number of rotatable bonds is 1. The average molecular weight is 248 g/mol. The maximum Gasteiger partial charge on any atom is 0.250 e. The minimum absolute atomic E-state index is 0. The molecule has 2 rings (SSSR count). The van der Waals surface area contributed by atoms with Crippen LogP contribution in [0.3, 0.4) is 0 Å². The molecule has 0 unspecified atom stereocenters. The molecule has 0 aromatic rings. The van der Waals surface area contributed by atoms with Gasteiger partial charge in [0.15, 0.2) is 0 Å². The molecule has 2 aliphatic heterocycles. The molecule has 16 heavy (non-hydrogen) atoms. The topological polar surface area (TPSA) is 52.7 Å². The fourth-order valence-electron chi connectivity index (χ4n) is 2.46. The van der Waals surface area contributed by atoms with E-state index in [1.165, 1.54) is 5.01 Å². The molecular weight excluding hydrogens is 230 g/mol. The van der Waals surface area contributed by atoms with Gasteiger partial charge in [-0.05, 0) is 33.0 Å². The third-order valence-electron chi connectivity index (χ3n) is 3.56. The number of nitrogens with one attached hydrogen (secondary N) is 1. The molecule has 0 aromatic heterocycles. The first kappa shape index (κ1) is 13.4. The monoisotopic (exact) mass is 247 g/mol. The third-order valence-corrected chi connectivity index (χ3v) is 3.56. The van der Waals surface area contributed by atoms with Gasteiger partial charge in [-0.25, -0.2) is 10.4 Å². The van der Waals surface area contributed by atoms with E-state index >= 15 is 0 Å². The Morgan fingerprint density at radius 1 is 1.25 bits per heavy atom. The van der Waals surface area contributed by atoms with Gasteiger partial charge in [0.05, 0.1) is 5.41 Å². The molecule has 1 N–H and O–H groups in total. The lowest BCUT2D eigenvalue weighted by molar-refractivity contribution is -0.145. The van der Waals surface area contributed by atoms with E-state index in [2.05, 4.69) is 10.3 Å². The van der Waals surface area contributed by atoms with E-state index in [0.29, 0.717) is 6.42 Å². The number of carbonyl (C=O) groups is 2. The highest BCUT2D eigenvalue weighted by molar-refractivity contribution is 6.05. The molecule has 2 heterocycles. The quantitative estimate of drug-likeness (QED) is 0.664. The van der Waals surface area contributed by atoms with Crippen molar-refractivity contribution in [1.82, 2.24) is 15.3 Å². The number of amides is 2. The fraction of sp³-hybridized carbons (Fsp3) is 0.800. The van der Waals surface area contributed by atoms with Crippen molar-refractivity contribution in [2.45, 2.75) is 19.3 Å². The molecule has 0 saturated carbocycles. The summed E-state index contributed by atoms with van der Waals surface area (Å²) in [7, 11) is 3.66. The van der Waals surface area contributed by atoms with Crippen molar-refractivity contribution in [3.05, 3.63) is 0 Å². The molecule has 6 heteroatoms. The van der Waals surface area contributed by atoms with Crippen LogP contribution in [-0.4, -0.2) is 48.9 Å². The van der Waals surface area contributed by atoms with Gasteiger partial charge in [-0.1, -0.05) is 0 Å². The largest absolute Gasteiger partial charge is 0.306 e. The lowest BCUT2D eigenvalue weighted by Gasteiger charge is -2.35. The van der Waals surface area contributed by atoms with Gasteiger partial charge >= 0.3 is 0 Å². The summed E-state index contributed by atoms with van der Waals surface area (Å²) in [6.07, 6.45) is 1.97. The van der Waals surface area contributed by atoms with Crippen LogP contribution in [0.5, 0.6) is 0 Å². The maximum absolute atomic E-state index is 12.1. The van der Waals surface area contributed by atoms with Crippen molar-refractivity contribution in [1.29, 1.82) is 0 Å². The summed E-state index contributed by atoms with van der Waals surface area (Å²) in [6, 6.07) is 0. The Labute approximate surface area is 102 Å². The zero-order valence-electron chi connectivity index (χ0n) is 9.65. The molecule has 1 spiro atoms. The Morgan fingerprint density at radius 2 is 1.81 bits per heavy atom. The number of likely N-dealkylation sites (tertiary alicyclic amines) is 1. The van der Waals surface area contributed by atoms with Gasteiger partial charge in [-0.15, -0.1) is 12.4 Å². The van der Waals surface area contributed by atoms with Crippen LogP contribution in [-0.2, 0) is 9.59 Å². The van der Waals surface area contributed by atoms with Crippen LogP contribution < -0.4 is 5.43 Å². The Bertz CT molecular complexity index is 300. The van der Waals surface area contributed by atoms with E-state index in [9.17, 15) is 9.59 Å². The van der Waals surface area contributed by atoms with Crippen LogP contribution in [0.15, 0.2) is 0 Å². The predicted octanol–water partition coefficient (Wildman–Crippen LogP) is 0.0135. The summed E-state index contributed by atoms with van der Waals surface area (Å²) in [5, 5.41) is 1.17. The highest BCUT2D eigenvalue weighted by atomic mass is 35.5. The molecule has 2 aliphatic rings. The Balaban J connectivity index is 0.00000128. The summed E-state index contributed by atoms with van der Waals surface area (Å²) < 4.78 is 0. The number of imide groups is 1. The van der Waals surface area contributed by atoms with Gasteiger partial charge in [0.1, 0.15) is 0 Å². The van der Waals surface area contributed by atoms with Crippen molar-refractivity contribution in [3.63, 3.8) is 0 Å². The molecule has 92 valence electrons. The van der Waals surface area contributed by atoms with Crippen LogP contribution in [0.2, 0.25) is 0 Å². The molecule has 0 aliphatic carbocycles. The second kappa shape index (κ2) is 4.69. The third kappa shape index (κ3) is 1.95. The molecule has 0 radical (unpaired) electrons. The van der Waals surface area contributed by atoms with Gasteiger partial charge in [0, 0.05) is 13.5 Å². The number of hydrogen-bond donors (Lipinski definition) is 1. The molecule has 2 amide bonds. The van der Waals surface area contributed by atoms with E-state index in [4.69, 9.17) is 0 Å². The Morgan fingerprint density at radius 3 is 2.25 bits per heavy atom. The molecule has 5 nitrogen and oxygen atoms in total. The maximum atomic E-state index is 12.1. The number of hydrazine groups is 1. The molecule has 2 fully saturated rings. The van der Waals surface area contributed by atoms with Crippen LogP contribution in [0.4, 0.5) is 0 Å². The zero-order chi connectivity index (χ0) is 11.1. The summed E-state index contributed by atoms with van der Waals surface area (Å²) >= 11 is 0. The van der Waals surface area contributed by atoms with Crippen LogP contribution in [0.25, 0.3) is 0 Å². The van der Waals surface area contributed by atoms with Crippen LogP contribution in [0.1, 0.15) is 19.3 Å². The van der Waals surface area contributed by atoms with Gasteiger partial charge in [0.2, 0.25) is 5.91 Å². The predicted molar refractivity (Wildman–Crippen MR) is 61.9 cm³/mol. The number of carbonyl (C=O) groups excluding carboxylic acids is 2. The summed E-state index contributed by atoms with van der Waals surface area (Å²) in [5.41, 5.74) is 2.26. The molecule has 0 atom stereocenters.